The van der Waals surface area contributed by atoms with Gasteiger partial charge in [0, 0.05) is 20.6 Å². The molecule has 2 N–H and O–H groups in total. The van der Waals surface area contributed by atoms with E-state index in [2.05, 4.69) is 10.3 Å². The van der Waals surface area contributed by atoms with Crippen LogP contribution in [0.4, 0.5) is 0 Å². The zero-order chi connectivity index (χ0) is 12.3. The van der Waals surface area contributed by atoms with E-state index in [1.165, 1.54) is 4.85 Å². The number of para-hydroxylation sites is 1. The number of benzene rings is 1. The molecule has 0 aliphatic heterocycles. The minimum Gasteiger partial charge on any atom is -0.347 e. The average Bonchev–Trinajstić information content (AvgIpc) is 2.72. The Hall–Kier alpha value is -2.08. The summed E-state index contributed by atoms with van der Waals surface area (Å²) in [4.78, 5) is 8.83. The van der Waals surface area contributed by atoms with E-state index < -0.39 is 0 Å². The van der Waals surface area contributed by atoms with Gasteiger partial charge in [-0.3, -0.25) is 0 Å². The lowest BCUT2D eigenvalue weighted by Gasteiger charge is -2.16. The van der Waals surface area contributed by atoms with Gasteiger partial charge in [-0.1, -0.05) is 17.0 Å². The number of fused-ring (bicyclic) bond motifs is 1. The van der Waals surface area contributed by atoms with Crippen molar-refractivity contribution in [2.45, 2.75) is 0 Å². The molecule has 1 aromatic carbocycles. The number of aromatic nitrogens is 3. The Labute approximate surface area is 99.2 Å². The van der Waals surface area contributed by atoms with Crippen LogP contribution in [0.1, 0.15) is 0 Å². The fourth-order valence-corrected chi connectivity index (χ4v) is 1.41. The zero-order valence-electron chi connectivity index (χ0n) is 9.87. The second-order valence-electron chi connectivity index (χ2n) is 3.71. The van der Waals surface area contributed by atoms with Crippen molar-refractivity contribution in [1.29, 1.82) is 0 Å². The first-order valence-electron chi connectivity index (χ1n) is 5.28. The summed E-state index contributed by atoms with van der Waals surface area (Å²) in [6.45, 7) is 0.403. The summed E-state index contributed by atoms with van der Waals surface area (Å²) in [6, 6.07) is 7.59. The summed E-state index contributed by atoms with van der Waals surface area (Å²) in [5, 5.41) is 7.94. The van der Waals surface area contributed by atoms with Crippen LogP contribution >= 0.6 is 0 Å². The molecule has 6 nitrogen and oxygen atoms in total. The summed E-state index contributed by atoms with van der Waals surface area (Å²) >= 11 is 0. The fourth-order valence-electron chi connectivity index (χ4n) is 1.41. The van der Waals surface area contributed by atoms with E-state index in [0.29, 0.717) is 12.4 Å². The van der Waals surface area contributed by atoms with Gasteiger partial charge in [0.15, 0.2) is 0 Å². The van der Waals surface area contributed by atoms with Crippen molar-refractivity contribution in [3.05, 3.63) is 36.2 Å². The zero-order valence-corrected chi connectivity index (χ0v) is 9.87. The molecule has 0 saturated carbocycles. The van der Waals surface area contributed by atoms with Gasteiger partial charge in [-0.15, -0.1) is 5.10 Å². The normalized spacial score (nSPS) is 11.8. The Morgan fingerprint density at radius 1 is 1.47 bits per heavy atom. The highest BCUT2D eigenvalue weighted by molar-refractivity contribution is 5.73. The van der Waals surface area contributed by atoms with Crippen molar-refractivity contribution in [1.82, 2.24) is 20.1 Å². The van der Waals surface area contributed by atoms with Crippen LogP contribution in [0.2, 0.25) is 0 Å². The van der Waals surface area contributed by atoms with E-state index in [0.717, 1.165) is 11.0 Å². The highest BCUT2D eigenvalue weighted by Gasteiger charge is 2.07. The Morgan fingerprint density at radius 3 is 2.94 bits per heavy atom. The van der Waals surface area contributed by atoms with Gasteiger partial charge in [0.1, 0.15) is 11.0 Å². The Bertz CT molecular complexity index is 531. The molecule has 1 heterocycles. The van der Waals surface area contributed by atoms with E-state index in [4.69, 9.17) is 10.6 Å². The second-order valence-corrected chi connectivity index (χ2v) is 3.71. The summed E-state index contributed by atoms with van der Waals surface area (Å²) in [5.41, 5.74) is 7.09. The largest absolute Gasteiger partial charge is 0.347 e. The van der Waals surface area contributed by atoms with Crippen molar-refractivity contribution >= 4 is 11.0 Å². The maximum atomic E-state index is 5.62. The maximum absolute atomic E-state index is 5.62. The van der Waals surface area contributed by atoms with Crippen LogP contribution in [0, 0.1) is 0 Å². The molecular weight excluding hydrogens is 218 g/mol. The van der Waals surface area contributed by atoms with E-state index in [-0.39, 0.29) is 0 Å². The van der Waals surface area contributed by atoms with Crippen molar-refractivity contribution < 1.29 is 4.84 Å². The summed E-state index contributed by atoms with van der Waals surface area (Å²) in [5.74, 6) is 0.628. The van der Waals surface area contributed by atoms with Gasteiger partial charge in [0.25, 0.3) is 0 Å². The first-order chi connectivity index (χ1) is 8.22. The van der Waals surface area contributed by atoms with Crippen LogP contribution in [0.3, 0.4) is 0 Å². The third kappa shape index (κ3) is 2.36. The van der Waals surface area contributed by atoms with Crippen molar-refractivity contribution in [2.24, 2.45) is 5.73 Å². The van der Waals surface area contributed by atoms with E-state index in [9.17, 15) is 0 Å². The Kier molecular flexibility index (Phi) is 3.24. The number of nitrogens with two attached hydrogens (primary N) is 1. The van der Waals surface area contributed by atoms with E-state index in [1.54, 1.807) is 6.08 Å². The van der Waals surface area contributed by atoms with Crippen molar-refractivity contribution in [3.63, 3.8) is 0 Å². The van der Waals surface area contributed by atoms with Crippen LogP contribution in [0.15, 0.2) is 36.2 Å². The van der Waals surface area contributed by atoms with Crippen LogP contribution in [-0.2, 0) is 0 Å². The molecule has 0 atom stereocenters. The van der Waals surface area contributed by atoms with Gasteiger partial charge in [0.05, 0.1) is 0 Å². The van der Waals surface area contributed by atoms with Gasteiger partial charge in [-0.25, -0.2) is 0 Å². The fraction of sp³-hybridized carbons (Fsp3) is 0.273. The lowest BCUT2D eigenvalue weighted by Crippen LogP contribution is -2.24. The predicted octanol–water partition coefficient (Wildman–Crippen LogP) is 0.222. The lowest BCUT2D eigenvalue weighted by molar-refractivity contribution is 0.0976. The molecule has 0 radical (unpaired) electrons. The van der Waals surface area contributed by atoms with Crippen molar-refractivity contribution in [3.8, 4) is 0 Å². The van der Waals surface area contributed by atoms with Crippen LogP contribution < -0.4 is 10.6 Å². The van der Waals surface area contributed by atoms with Gasteiger partial charge < -0.3 is 15.5 Å². The molecule has 0 fully saturated rings. The molecule has 2 rings (SSSR count). The van der Waals surface area contributed by atoms with E-state index in [1.807, 2.05) is 43.3 Å². The molecule has 90 valence electrons. The summed E-state index contributed by atoms with van der Waals surface area (Å²) in [7, 11) is 3.75. The lowest BCUT2D eigenvalue weighted by atomic mass is 10.3. The van der Waals surface area contributed by atoms with Gasteiger partial charge in [-0.05, 0) is 23.4 Å². The second kappa shape index (κ2) is 4.84. The molecule has 6 heteroatoms. The number of rotatable bonds is 4. The Morgan fingerprint density at radius 2 is 2.24 bits per heavy atom. The molecule has 0 bridgehead atoms. The maximum Gasteiger partial charge on any atom is 0.222 e. The van der Waals surface area contributed by atoms with Gasteiger partial charge >= 0.3 is 0 Å². The quantitative estimate of drug-likeness (QED) is 0.765. The first kappa shape index (κ1) is 11.4. The first-order valence-corrected chi connectivity index (χ1v) is 5.28. The van der Waals surface area contributed by atoms with Crippen LogP contribution in [0.25, 0.3) is 11.0 Å². The van der Waals surface area contributed by atoms with Crippen molar-refractivity contribution in [2.75, 3.05) is 20.6 Å². The average molecular weight is 233 g/mol. The minimum atomic E-state index is 0.403. The number of hydrogen-bond donors (Lipinski definition) is 1. The van der Waals surface area contributed by atoms with Crippen LogP contribution in [-0.4, -0.2) is 40.7 Å². The standard InChI is InChI=1S/C11H15N5O/c1-15(2)11(7-8-12)17-16-10-6-4-3-5-9(10)13-14-16/h3-7H,8,12H2,1-2H3. The molecule has 0 aliphatic rings. The number of nitrogens with zero attached hydrogens (tertiary/aromatic N) is 4. The molecule has 0 amide bonds. The highest BCUT2D eigenvalue weighted by Crippen LogP contribution is 2.09. The third-order valence-electron chi connectivity index (χ3n) is 2.23. The highest BCUT2D eigenvalue weighted by atomic mass is 16.7. The minimum absolute atomic E-state index is 0.403. The van der Waals surface area contributed by atoms with Gasteiger partial charge in [-0.2, -0.15) is 0 Å². The third-order valence-corrected chi connectivity index (χ3v) is 2.23. The molecular formula is C11H15N5O. The molecule has 0 spiro atoms. The smallest absolute Gasteiger partial charge is 0.222 e. The summed E-state index contributed by atoms with van der Waals surface area (Å²) in [6.07, 6.45) is 1.77. The molecule has 0 unspecified atom stereocenters. The number of hydrogen-bond acceptors (Lipinski definition) is 5. The molecule has 17 heavy (non-hydrogen) atoms. The molecule has 1 aromatic heterocycles. The monoisotopic (exact) mass is 233 g/mol. The van der Waals surface area contributed by atoms with Crippen LogP contribution in [0.5, 0.6) is 0 Å². The molecule has 0 aliphatic carbocycles. The predicted molar refractivity (Wildman–Crippen MR) is 64.9 cm³/mol. The molecule has 2 aromatic rings. The topological polar surface area (TPSA) is 69.2 Å². The summed E-state index contributed by atoms with van der Waals surface area (Å²) < 4.78 is 0. The van der Waals surface area contributed by atoms with Gasteiger partial charge in [0.2, 0.25) is 5.88 Å². The Balaban J connectivity index is 2.32. The molecule has 0 saturated heterocycles. The van der Waals surface area contributed by atoms with E-state index >= 15 is 0 Å². The SMILES string of the molecule is CN(C)C(=CCN)On1nnc2ccccc21.